The summed E-state index contributed by atoms with van der Waals surface area (Å²) >= 11 is 0. The first-order valence-corrected chi connectivity index (χ1v) is 6.67. The average Bonchev–Trinajstić information content (AvgIpc) is 2.50. The molecular formula is C10H21N2P. The smallest absolute Gasteiger partial charge is 0.0996 e. The van der Waals surface area contributed by atoms with Gasteiger partial charge >= 0.3 is 0 Å². The first-order valence-electron chi connectivity index (χ1n) is 5.19. The van der Waals surface area contributed by atoms with Gasteiger partial charge in [0, 0.05) is 13.0 Å². The Labute approximate surface area is 83.0 Å². The number of rotatable bonds is 3. The van der Waals surface area contributed by atoms with Gasteiger partial charge in [0.1, 0.15) is 0 Å². The van der Waals surface area contributed by atoms with Crippen molar-refractivity contribution < 1.29 is 0 Å². The highest BCUT2D eigenvalue weighted by Gasteiger charge is 2.19. The molecule has 0 amide bonds. The van der Waals surface area contributed by atoms with Crippen molar-refractivity contribution in [2.75, 3.05) is 6.54 Å². The van der Waals surface area contributed by atoms with E-state index < -0.39 is 0 Å². The maximum Gasteiger partial charge on any atom is 0.0996 e. The molecule has 1 aliphatic rings. The second-order valence-electron chi connectivity index (χ2n) is 4.14. The fourth-order valence-electron chi connectivity index (χ4n) is 1.63. The number of aliphatic imine (C=N–C) groups is 1. The van der Waals surface area contributed by atoms with Gasteiger partial charge in [0.05, 0.1) is 5.84 Å². The Morgan fingerprint density at radius 3 is 2.23 bits per heavy atom. The van der Waals surface area contributed by atoms with Gasteiger partial charge in [-0.15, -0.1) is 0 Å². The summed E-state index contributed by atoms with van der Waals surface area (Å²) in [6, 6.07) is 0. The van der Waals surface area contributed by atoms with E-state index in [-0.39, 0.29) is 8.07 Å². The summed E-state index contributed by atoms with van der Waals surface area (Å²) in [6.07, 6.45) is 2.40. The summed E-state index contributed by atoms with van der Waals surface area (Å²) < 4.78 is 0. The van der Waals surface area contributed by atoms with Gasteiger partial charge in [-0.05, 0) is 25.8 Å². The lowest BCUT2D eigenvalue weighted by atomic mass is 10.3. The van der Waals surface area contributed by atoms with Crippen molar-refractivity contribution in [3.05, 3.63) is 0 Å². The van der Waals surface area contributed by atoms with Gasteiger partial charge in [-0.3, -0.25) is 4.99 Å². The van der Waals surface area contributed by atoms with Crippen molar-refractivity contribution in [1.29, 1.82) is 0 Å². The Balaban J connectivity index is 2.46. The third-order valence-corrected chi connectivity index (χ3v) is 4.99. The van der Waals surface area contributed by atoms with Crippen LogP contribution in [-0.2, 0) is 0 Å². The molecule has 76 valence electrons. The van der Waals surface area contributed by atoms with Crippen molar-refractivity contribution in [2.45, 2.75) is 51.9 Å². The highest BCUT2D eigenvalue weighted by atomic mass is 31.1. The van der Waals surface area contributed by atoms with E-state index in [1.54, 1.807) is 0 Å². The van der Waals surface area contributed by atoms with Crippen LogP contribution in [0, 0.1) is 0 Å². The monoisotopic (exact) mass is 200 g/mol. The molecule has 0 radical (unpaired) electrons. The maximum atomic E-state index is 4.46. The van der Waals surface area contributed by atoms with E-state index in [1.165, 1.54) is 12.3 Å². The first-order chi connectivity index (χ1) is 6.11. The molecule has 0 saturated heterocycles. The summed E-state index contributed by atoms with van der Waals surface area (Å²) in [4.78, 5) is 4.46. The molecule has 1 aliphatic heterocycles. The van der Waals surface area contributed by atoms with E-state index in [2.05, 4.69) is 37.8 Å². The van der Waals surface area contributed by atoms with Crippen molar-refractivity contribution in [1.82, 2.24) is 5.09 Å². The molecule has 0 aromatic carbocycles. The van der Waals surface area contributed by atoms with Gasteiger partial charge < -0.3 is 5.09 Å². The van der Waals surface area contributed by atoms with Gasteiger partial charge in [-0.25, -0.2) is 0 Å². The van der Waals surface area contributed by atoms with E-state index in [0.717, 1.165) is 24.3 Å². The van der Waals surface area contributed by atoms with Crippen LogP contribution >= 0.6 is 8.07 Å². The van der Waals surface area contributed by atoms with E-state index in [9.17, 15) is 0 Å². The lowest BCUT2D eigenvalue weighted by Crippen LogP contribution is -2.23. The standard InChI is InChI=1S/C10H21N2P/c1-8(2)13(9(3)4)12-10-6-5-7-11-10/h8-9H,5-7H2,1-4H3,(H,11,12). The summed E-state index contributed by atoms with van der Waals surface area (Å²) in [6.45, 7) is 10.2. The summed E-state index contributed by atoms with van der Waals surface area (Å²) in [5.41, 5.74) is 1.50. The van der Waals surface area contributed by atoms with Crippen LogP contribution in [0.15, 0.2) is 4.99 Å². The van der Waals surface area contributed by atoms with Crippen LogP contribution in [0.1, 0.15) is 40.5 Å². The van der Waals surface area contributed by atoms with Crippen molar-refractivity contribution in [3.8, 4) is 0 Å². The minimum Gasteiger partial charge on any atom is -0.352 e. The van der Waals surface area contributed by atoms with Crippen LogP contribution in [-0.4, -0.2) is 23.7 Å². The molecule has 1 rings (SSSR count). The van der Waals surface area contributed by atoms with Gasteiger partial charge in [-0.1, -0.05) is 27.7 Å². The average molecular weight is 200 g/mol. The van der Waals surface area contributed by atoms with Crippen LogP contribution in [0.25, 0.3) is 0 Å². The van der Waals surface area contributed by atoms with Gasteiger partial charge in [0.25, 0.3) is 0 Å². The lowest BCUT2D eigenvalue weighted by molar-refractivity contribution is 0.946. The zero-order valence-corrected chi connectivity index (χ0v) is 10.1. The molecule has 2 nitrogen and oxygen atoms in total. The molecular weight excluding hydrogens is 179 g/mol. The molecule has 1 N–H and O–H groups in total. The minimum absolute atomic E-state index is 0.0705. The molecule has 0 unspecified atom stereocenters. The highest BCUT2D eigenvalue weighted by Crippen LogP contribution is 2.41. The zero-order valence-electron chi connectivity index (χ0n) is 9.17. The quantitative estimate of drug-likeness (QED) is 0.696. The third kappa shape index (κ3) is 3.27. The predicted molar refractivity (Wildman–Crippen MR) is 61.9 cm³/mol. The Kier molecular flexibility index (Phi) is 4.18. The summed E-state index contributed by atoms with van der Waals surface area (Å²) in [7, 11) is -0.0705. The zero-order chi connectivity index (χ0) is 9.84. The molecule has 0 aromatic heterocycles. The molecule has 0 fully saturated rings. The highest BCUT2D eigenvalue weighted by molar-refractivity contribution is 7.57. The Hall–Kier alpha value is -0.100. The molecule has 13 heavy (non-hydrogen) atoms. The maximum absolute atomic E-state index is 4.46. The van der Waals surface area contributed by atoms with E-state index in [0.29, 0.717) is 0 Å². The van der Waals surface area contributed by atoms with Gasteiger partial charge in [0.15, 0.2) is 0 Å². The molecule has 0 saturated carbocycles. The molecule has 0 atom stereocenters. The van der Waals surface area contributed by atoms with Crippen molar-refractivity contribution >= 4 is 13.9 Å². The van der Waals surface area contributed by atoms with Crippen LogP contribution < -0.4 is 5.09 Å². The Bertz CT molecular complexity index is 179. The van der Waals surface area contributed by atoms with Crippen LogP contribution in [0.5, 0.6) is 0 Å². The summed E-state index contributed by atoms with van der Waals surface area (Å²) in [5, 5.41) is 3.63. The fraction of sp³-hybridized carbons (Fsp3) is 0.900. The molecule has 0 spiro atoms. The molecule has 0 aliphatic carbocycles. The second kappa shape index (κ2) is 4.95. The van der Waals surface area contributed by atoms with E-state index >= 15 is 0 Å². The number of hydrogen-bond acceptors (Lipinski definition) is 2. The largest absolute Gasteiger partial charge is 0.352 e. The number of amidine groups is 1. The number of nitrogens with zero attached hydrogens (tertiary/aromatic N) is 1. The molecule has 1 heterocycles. The second-order valence-corrected chi connectivity index (χ2v) is 7.24. The molecule has 3 heteroatoms. The van der Waals surface area contributed by atoms with Crippen molar-refractivity contribution in [3.63, 3.8) is 0 Å². The van der Waals surface area contributed by atoms with Crippen LogP contribution in [0.4, 0.5) is 0 Å². The van der Waals surface area contributed by atoms with Crippen molar-refractivity contribution in [2.24, 2.45) is 4.99 Å². The van der Waals surface area contributed by atoms with Crippen LogP contribution in [0.2, 0.25) is 0 Å². The molecule has 0 bridgehead atoms. The number of nitrogens with one attached hydrogen (secondary N) is 1. The fourth-order valence-corrected chi connectivity index (χ4v) is 3.82. The Morgan fingerprint density at radius 1 is 1.23 bits per heavy atom. The summed E-state index contributed by atoms with van der Waals surface area (Å²) in [5.74, 6) is 1.26. The Morgan fingerprint density at radius 2 is 1.85 bits per heavy atom. The SMILES string of the molecule is CC(C)P(NC1=NCCC1)C(C)C. The normalized spacial score (nSPS) is 17.3. The van der Waals surface area contributed by atoms with Crippen LogP contribution in [0.3, 0.4) is 0 Å². The van der Waals surface area contributed by atoms with Gasteiger partial charge in [0.2, 0.25) is 0 Å². The van der Waals surface area contributed by atoms with E-state index in [1.807, 2.05) is 0 Å². The molecule has 0 aromatic rings. The predicted octanol–water partition coefficient (Wildman–Crippen LogP) is 2.98. The minimum atomic E-state index is -0.0705. The lowest BCUT2D eigenvalue weighted by Gasteiger charge is -2.27. The first kappa shape index (κ1) is 11.0. The number of hydrogen-bond donors (Lipinski definition) is 1. The van der Waals surface area contributed by atoms with Gasteiger partial charge in [-0.2, -0.15) is 0 Å². The third-order valence-electron chi connectivity index (χ3n) is 2.25. The van der Waals surface area contributed by atoms with E-state index in [4.69, 9.17) is 0 Å². The topological polar surface area (TPSA) is 24.4 Å².